The van der Waals surface area contributed by atoms with E-state index in [0.717, 1.165) is 141 Å². The van der Waals surface area contributed by atoms with Crippen LogP contribution in [0.25, 0.3) is 0 Å². The fourth-order valence-electron chi connectivity index (χ4n) is 8.60. The first-order chi connectivity index (χ1) is 38.6. The molecule has 0 aliphatic heterocycles. The molecule has 1 unspecified atom stereocenters. The maximum absolute atomic E-state index is 12.3. The number of allylic oxidation sites excluding steroid dienone is 26. The number of esters is 2. The van der Waals surface area contributed by atoms with Crippen LogP contribution in [0.5, 0.6) is 0 Å². The molecule has 0 bridgehead atoms. The SMILES string of the molecule is CC/C=C\C/C=C\C/C=C\C/C=C\C/C=C\C/C=C\C/C=C\C/C=C\C/C=C\CCCCCCCC(=O)OC(CO)COC(=O)CCCCCCCCCCCCCCCCCCCC/C=C\C/C=C\C/C=C\C/C=C\CC. The highest BCUT2D eigenvalue weighted by Gasteiger charge is 2.16. The summed E-state index contributed by atoms with van der Waals surface area (Å²) in [5, 5.41) is 9.68. The molecule has 0 spiro atoms. The molecule has 440 valence electrons. The van der Waals surface area contributed by atoms with E-state index in [4.69, 9.17) is 9.47 Å². The zero-order valence-corrected chi connectivity index (χ0v) is 50.4. The summed E-state index contributed by atoms with van der Waals surface area (Å²) < 4.78 is 10.7. The number of carbonyl (C=O) groups is 2. The zero-order chi connectivity index (χ0) is 56.2. The largest absolute Gasteiger partial charge is 0.462 e. The van der Waals surface area contributed by atoms with E-state index in [1.807, 2.05) is 0 Å². The molecule has 0 aromatic heterocycles. The van der Waals surface area contributed by atoms with Gasteiger partial charge in [-0.05, 0) is 122 Å². The summed E-state index contributed by atoms with van der Waals surface area (Å²) in [5.41, 5.74) is 0. The minimum atomic E-state index is -0.795. The van der Waals surface area contributed by atoms with Crippen LogP contribution in [0.2, 0.25) is 0 Å². The predicted molar refractivity (Wildman–Crippen MR) is 343 cm³/mol. The van der Waals surface area contributed by atoms with Gasteiger partial charge in [0.15, 0.2) is 6.10 Å². The molecule has 0 aliphatic carbocycles. The molecule has 1 N–H and O–H groups in total. The highest BCUT2D eigenvalue weighted by Crippen LogP contribution is 2.16. The van der Waals surface area contributed by atoms with Crippen molar-refractivity contribution < 1.29 is 24.2 Å². The summed E-state index contributed by atoms with van der Waals surface area (Å²) in [6, 6.07) is 0. The molecule has 5 heteroatoms. The Labute approximate surface area is 481 Å². The topological polar surface area (TPSA) is 72.8 Å². The Hall–Kier alpha value is -4.48. The molecule has 0 aromatic carbocycles. The van der Waals surface area contributed by atoms with Gasteiger partial charge >= 0.3 is 11.9 Å². The van der Waals surface area contributed by atoms with Crippen molar-refractivity contribution in [2.75, 3.05) is 13.2 Å². The van der Waals surface area contributed by atoms with Gasteiger partial charge in [-0.25, -0.2) is 0 Å². The molecule has 0 saturated carbocycles. The van der Waals surface area contributed by atoms with Gasteiger partial charge in [-0.1, -0.05) is 294 Å². The Morgan fingerprint density at radius 2 is 0.513 bits per heavy atom. The van der Waals surface area contributed by atoms with Gasteiger partial charge in [0.1, 0.15) is 6.61 Å². The van der Waals surface area contributed by atoms with Gasteiger partial charge in [-0.2, -0.15) is 0 Å². The van der Waals surface area contributed by atoms with Crippen LogP contribution in [0.4, 0.5) is 0 Å². The summed E-state index contributed by atoms with van der Waals surface area (Å²) in [7, 11) is 0. The molecule has 0 radical (unpaired) electrons. The molecule has 0 heterocycles. The van der Waals surface area contributed by atoms with Gasteiger partial charge in [-0.3, -0.25) is 9.59 Å². The normalized spacial score (nSPS) is 13.3. The number of aliphatic hydroxyl groups excluding tert-OH is 1. The Morgan fingerprint density at radius 3 is 0.769 bits per heavy atom. The minimum absolute atomic E-state index is 0.0816. The standard InChI is InChI=1S/C73H118O5/c1-3-5-7-9-11-13-15-17-19-21-23-25-27-29-31-33-35-36-38-40-42-44-46-48-50-52-54-56-58-60-62-64-66-68-73(76)78-71(69-74)70-77-72(75)67-65-63-61-59-57-55-53-51-49-47-45-43-41-39-37-34-32-30-28-26-24-22-20-18-16-14-12-10-8-6-4-2/h5-8,11-14,17-20,23-26,29,31,35-36,40,42,46,48,52,54,71,74H,3-4,9-10,15-16,21-22,27-28,30,32-34,37-39,41,43-45,47,49-51,53,55-70H2,1-2H3/b7-5-,8-6-,13-11-,14-12-,19-17-,20-18-,25-23-,26-24-,31-29-,36-35-,42-40-,48-46-,54-52-. The molecule has 0 fully saturated rings. The molecule has 0 saturated heterocycles. The van der Waals surface area contributed by atoms with E-state index in [2.05, 4.69) is 172 Å². The van der Waals surface area contributed by atoms with Gasteiger partial charge < -0.3 is 14.6 Å². The van der Waals surface area contributed by atoms with Gasteiger partial charge in [0.25, 0.3) is 0 Å². The van der Waals surface area contributed by atoms with E-state index in [0.29, 0.717) is 12.8 Å². The Kier molecular flexibility index (Phi) is 63.0. The molecule has 78 heavy (non-hydrogen) atoms. The molecule has 0 amide bonds. The second-order valence-corrected chi connectivity index (χ2v) is 20.7. The smallest absolute Gasteiger partial charge is 0.306 e. The molecule has 0 aliphatic rings. The van der Waals surface area contributed by atoms with Crippen molar-refractivity contribution in [1.82, 2.24) is 0 Å². The van der Waals surface area contributed by atoms with Gasteiger partial charge in [0.05, 0.1) is 6.61 Å². The minimum Gasteiger partial charge on any atom is -0.462 e. The number of aliphatic hydroxyl groups is 1. The third-order valence-electron chi connectivity index (χ3n) is 13.3. The number of hydrogen-bond donors (Lipinski definition) is 1. The van der Waals surface area contributed by atoms with Gasteiger partial charge in [-0.15, -0.1) is 0 Å². The first kappa shape index (κ1) is 73.5. The maximum Gasteiger partial charge on any atom is 0.306 e. The van der Waals surface area contributed by atoms with Crippen LogP contribution in [0.3, 0.4) is 0 Å². The molecule has 5 nitrogen and oxygen atoms in total. The van der Waals surface area contributed by atoms with E-state index < -0.39 is 6.10 Å². The average molecular weight is 1080 g/mol. The predicted octanol–water partition coefficient (Wildman–Crippen LogP) is 22.3. The summed E-state index contributed by atoms with van der Waals surface area (Å²) in [6.07, 6.45) is 102. The monoisotopic (exact) mass is 1070 g/mol. The van der Waals surface area contributed by atoms with Crippen LogP contribution in [0.1, 0.15) is 271 Å². The zero-order valence-electron chi connectivity index (χ0n) is 50.4. The van der Waals surface area contributed by atoms with Crippen molar-refractivity contribution in [2.24, 2.45) is 0 Å². The van der Waals surface area contributed by atoms with E-state index in [9.17, 15) is 14.7 Å². The highest BCUT2D eigenvalue weighted by atomic mass is 16.6. The van der Waals surface area contributed by atoms with E-state index in [1.54, 1.807) is 0 Å². The molecular weight excluding hydrogens is 957 g/mol. The first-order valence-electron chi connectivity index (χ1n) is 32.0. The fraction of sp³-hybridized carbons (Fsp3) is 0.616. The first-order valence-corrected chi connectivity index (χ1v) is 32.0. The van der Waals surface area contributed by atoms with Crippen molar-refractivity contribution in [1.29, 1.82) is 0 Å². The Balaban J connectivity index is 3.57. The number of ether oxygens (including phenoxy) is 2. The van der Waals surface area contributed by atoms with E-state index in [1.165, 1.54) is 103 Å². The van der Waals surface area contributed by atoms with E-state index >= 15 is 0 Å². The van der Waals surface area contributed by atoms with Crippen LogP contribution < -0.4 is 0 Å². The van der Waals surface area contributed by atoms with Crippen molar-refractivity contribution >= 4 is 11.9 Å². The van der Waals surface area contributed by atoms with Crippen LogP contribution >= 0.6 is 0 Å². The van der Waals surface area contributed by atoms with Crippen LogP contribution in [0.15, 0.2) is 158 Å². The van der Waals surface area contributed by atoms with Gasteiger partial charge in [0.2, 0.25) is 0 Å². The Morgan fingerprint density at radius 1 is 0.295 bits per heavy atom. The third kappa shape index (κ3) is 64.0. The maximum atomic E-state index is 12.3. The number of rotatable bonds is 57. The van der Waals surface area contributed by atoms with Crippen molar-refractivity contribution in [3.8, 4) is 0 Å². The molecule has 1 atom stereocenters. The Bertz CT molecular complexity index is 1690. The lowest BCUT2D eigenvalue weighted by Crippen LogP contribution is -2.28. The number of hydrogen-bond acceptors (Lipinski definition) is 5. The average Bonchev–Trinajstić information content (AvgIpc) is 3.44. The molecule has 0 rings (SSSR count). The molecule has 0 aromatic rings. The summed E-state index contributed by atoms with van der Waals surface area (Å²) in [5.74, 6) is -0.616. The number of carbonyl (C=O) groups excluding carboxylic acids is 2. The lowest BCUT2D eigenvalue weighted by molar-refractivity contribution is -0.161. The molecular formula is C73H118O5. The summed E-state index contributed by atoms with van der Waals surface area (Å²) in [6.45, 7) is 3.91. The van der Waals surface area contributed by atoms with E-state index in [-0.39, 0.29) is 25.2 Å². The highest BCUT2D eigenvalue weighted by molar-refractivity contribution is 5.70. The lowest BCUT2D eigenvalue weighted by Gasteiger charge is -2.15. The van der Waals surface area contributed by atoms with Gasteiger partial charge in [0, 0.05) is 12.8 Å². The lowest BCUT2D eigenvalue weighted by atomic mass is 10.0. The second-order valence-electron chi connectivity index (χ2n) is 20.7. The third-order valence-corrected chi connectivity index (χ3v) is 13.3. The van der Waals surface area contributed by atoms with Crippen molar-refractivity contribution in [3.63, 3.8) is 0 Å². The van der Waals surface area contributed by atoms with Crippen LogP contribution in [0, 0.1) is 0 Å². The van der Waals surface area contributed by atoms with Crippen LogP contribution in [-0.2, 0) is 19.1 Å². The van der Waals surface area contributed by atoms with Crippen molar-refractivity contribution in [3.05, 3.63) is 158 Å². The fourth-order valence-corrected chi connectivity index (χ4v) is 8.60. The number of unbranched alkanes of at least 4 members (excludes halogenated alkanes) is 23. The van der Waals surface area contributed by atoms with Crippen molar-refractivity contribution in [2.45, 2.75) is 277 Å². The quantitative estimate of drug-likeness (QED) is 0.0373. The van der Waals surface area contributed by atoms with Crippen LogP contribution in [-0.4, -0.2) is 36.4 Å². The summed E-state index contributed by atoms with van der Waals surface area (Å²) in [4.78, 5) is 24.6. The summed E-state index contributed by atoms with van der Waals surface area (Å²) >= 11 is 0. The second kappa shape index (κ2) is 66.8.